The second-order valence-corrected chi connectivity index (χ2v) is 10.4. The van der Waals surface area contributed by atoms with Gasteiger partial charge >= 0.3 is 6.18 Å². The van der Waals surface area contributed by atoms with Crippen molar-refractivity contribution in [2.24, 2.45) is 5.16 Å². The number of aromatic nitrogens is 2. The number of nitrogens with zero attached hydrogens (tertiary/aromatic N) is 4. The van der Waals surface area contributed by atoms with Gasteiger partial charge in [0.2, 0.25) is 11.7 Å². The van der Waals surface area contributed by atoms with Gasteiger partial charge in [-0.05, 0) is 25.0 Å². The highest BCUT2D eigenvalue weighted by Crippen LogP contribution is 2.39. The number of carbonyl (C=O) groups excluding carboxylic acids is 1. The Balaban J connectivity index is 1.17. The van der Waals surface area contributed by atoms with E-state index >= 15 is 0 Å². The summed E-state index contributed by atoms with van der Waals surface area (Å²) in [6.07, 6.45) is -3.47. The number of hydrogen-bond acceptors (Lipinski definition) is 7. The normalized spacial score (nSPS) is 18.7. The van der Waals surface area contributed by atoms with Gasteiger partial charge in [-0.3, -0.25) is 9.59 Å². The number of hydrogen-bond donors (Lipinski definition) is 0. The van der Waals surface area contributed by atoms with Gasteiger partial charge in [0, 0.05) is 46.4 Å². The van der Waals surface area contributed by atoms with Crippen molar-refractivity contribution in [1.82, 2.24) is 14.6 Å². The summed E-state index contributed by atoms with van der Waals surface area (Å²) in [5, 5.41) is 8.01. The minimum Gasteiger partial charge on any atom is -0.387 e. The van der Waals surface area contributed by atoms with Crippen LogP contribution in [-0.2, 0) is 22.4 Å². The Morgan fingerprint density at radius 1 is 1.19 bits per heavy atom. The van der Waals surface area contributed by atoms with Crippen LogP contribution in [0.25, 0.3) is 0 Å². The fourth-order valence-electron chi connectivity index (χ4n) is 4.33. The zero-order valence-corrected chi connectivity index (χ0v) is 21.3. The topological polar surface area (TPSA) is 89.9 Å². The van der Waals surface area contributed by atoms with E-state index in [1.165, 1.54) is 16.2 Å². The Labute approximate surface area is 222 Å². The number of thiazole rings is 1. The van der Waals surface area contributed by atoms with E-state index < -0.39 is 36.1 Å². The Kier molecular flexibility index (Phi) is 7.08. The number of halogens is 5. The van der Waals surface area contributed by atoms with Crippen LogP contribution in [0.2, 0.25) is 10.0 Å². The number of piperidine rings is 1. The maximum atomic E-state index is 12.7. The van der Waals surface area contributed by atoms with Gasteiger partial charge in [-0.15, -0.1) is 11.3 Å². The summed E-state index contributed by atoms with van der Waals surface area (Å²) in [6, 6.07) is 5.59. The maximum absolute atomic E-state index is 12.7. The van der Waals surface area contributed by atoms with Gasteiger partial charge in [-0.25, -0.2) is 4.98 Å². The lowest BCUT2D eigenvalue weighted by Gasteiger charge is -2.31. The van der Waals surface area contributed by atoms with Gasteiger partial charge in [0.25, 0.3) is 5.56 Å². The van der Waals surface area contributed by atoms with Gasteiger partial charge < -0.3 is 14.3 Å². The molecule has 0 saturated carbocycles. The van der Waals surface area contributed by atoms with Gasteiger partial charge in [0.15, 0.2) is 6.10 Å². The predicted octanol–water partition coefficient (Wildman–Crippen LogP) is 5.50. The van der Waals surface area contributed by atoms with E-state index in [0.717, 1.165) is 5.01 Å². The fraction of sp³-hybridized carbons (Fsp3) is 0.391. The Morgan fingerprint density at radius 3 is 2.54 bits per heavy atom. The number of likely N-dealkylation sites (tertiary alicyclic amines) is 1. The van der Waals surface area contributed by atoms with Crippen molar-refractivity contribution in [3.05, 3.63) is 72.1 Å². The maximum Gasteiger partial charge on any atom is 0.452 e. The molecule has 1 saturated heterocycles. The minimum absolute atomic E-state index is 0.114. The van der Waals surface area contributed by atoms with Crippen LogP contribution < -0.4 is 5.56 Å². The molecule has 1 fully saturated rings. The van der Waals surface area contributed by atoms with Gasteiger partial charge in [-0.2, -0.15) is 17.9 Å². The van der Waals surface area contributed by atoms with E-state index in [9.17, 15) is 22.8 Å². The largest absolute Gasteiger partial charge is 0.452 e. The van der Waals surface area contributed by atoms with E-state index in [1.807, 2.05) is 5.38 Å². The number of alkyl halides is 3. The first-order valence-corrected chi connectivity index (χ1v) is 12.9. The number of carbonyl (C=O) groups is 1. The lowest BCUT2D eigenvalue weighted by molar-refractivity contribution is -0.159. The molecule has 8 nitrogen and oxygen atoms in total. The molecule has 1 amide bonds. The lowest BCUT2D eigenvalue weighted by atomic mass is 9.97. The molecule has 1 atom stereocenters. The summed E-state index contributed by atoms with van der Waals surface area (Å²) in [6.45, 7) is 0.186. The Bertz CT molecular complexity index is 1390. The van der Waals surface area contributed by atoms with Crippen LogP contribution in [0.4, 0.5) is 13.2 Å². The highest BCUT2D eigenvalue weighted by molar-refractivity contribution is 7.10. The van der Waals surface area contributed by atoms with Gasteiger partial charge in [0.05, 0.1) is 16.8 Å². The second kappa shape index (κ2) is 10.1. The molecule has 0 N–H and O–H groups in total. The highest BCUT2D eigenvalue weighted by Gasteiger charge is 2.37. The molecule has 0 spiro atoms. The molecule has 37 heavy (non-hydrogen) atoms. The standard InChI is InChI=1S/C23H19Cl2F3N4O4S/c24-13-2-1-3-14(25)21(13)17-8-15(30-35-17)16-11-37-22(29-16)12-4-6-31(7-5-12)20(34)10-32-19(33)9-18(36-32)23(26,27)28/h1-3,9,11-12,17H,4-8,10H2/t17-/m0/s1. The van der Waals surface area contributed by atoms with Crippen LogP contribution >= 0.6 is 34.5 Å². The van der Waals surface area contributed by atoms with E-state index in [2.05, 4.69) is 9.68 Å². The van der Waals surface area contributed by atoms with Crippen molar-refractivity contribution in [1.29, 1.82) is 0 Å². The molecule has 196 valence electrons. The Morgan fingerprint density at radius 2 is 1.89 bits per heavy atom. The highest BCUT2D eigenvalue weighted by atomic mass is 35.5. The monoisotopic (exact) mass is 574 g/mol. The SMILES string of the molecule is O=C(Cn1oc(C(F)(F)F)cc1=O)N1CCC(c2nc(C3=NO[C@H](c4c(Cl)cccc4Cl)C3)cs2)CC1. The molecule has 2 aromatic heterocycles. The number of benzene rings is 1. The average Bonchev–Trinajstić information content (AvgIpc) is 3.59. The molecule has 1 aromatic carbocycles. The number of rotatable bonds is 5. The van der Waals surface area contributed by atoms with Crippen molar-refractivity contribution in [2.75, 3.05) is 13.1 Å². The lowest BCUT2D eigenvalue weighted by Crippen LogP contribution is -2.40. The van der Waals surface area contributed by atoms with E-state index in [0.29, 0.717) is 70.2 Å². The van der Waals surface area contributed by atoms with Crippen LogP contribution in [0.5, 0.6) is 0 Å². The summed E-state index contributed by atoms with van der Waals surface area (Å²) < 4.78 is 43.2. The molecule has 14 heteroatoms. The molecule has 0 radical (unpaired) electrons. The van der Waals surface area contributed by atoms with E-state index in [4.69, 9.17) is 33.0 Å². The first-order chi connectivity index (χ1) is 17.6. The summed E-state index contributed by atoms with van der Waals surface area (Å²) in [5.41, 5.74) is 1.08. The van der Waals surface area contributed by atoms with Crippen molar-refractivity contribution in [3.8, 4) is 0 Å². The van der Waals surface area contributed by atoms with Gasteiger partial charge in [0.1, 0.15) is 12.3 Å². The van der Waals surface area contributed by atoms with Crippen LogP contribution in [0.3, 0.4) is 0 Å². The van der Waals surface area contributed by atoms with Crippen molar-refractivity contribution in [3.63, 3.8) is 0 Å². The summed E-state index contributed by atoms with van der Waals surface area (Å²) in [4.78, 5) is 36.1. The molecule has 0 bridgehead atoms. The molecule has 5 rings (SSSR count). The minimum atomic E-state index is -4.79. The molecule has 0 unspecified atom stereocenters. The van der Waals surface area contributed by atoms with Crippen molar-refractivity contribution >= 4 is 46.2 Å². The molecule has 3 aromatic rings. The molecule has 2 aliphatic heterocycles. The molecule has 0 aliphatic carbocycles. The fourth-order valence-corrected chi connectivity index (χ4v) is 5.97. The van der Waals surface area contributed by atoms with Gasteiger partial charge in [-0.1, -0.05) is 34.4 Å². The van der Waals surface area contributed by atoms with Crippen LogP contribution in [0.15, 0.2) is 44.1 Å². The first-order valence-electron chi connectivity index (χ1n) is 11.3. The summed E-state index contributed by atoms with van der Waals surface area (Å²) in [5.74, 6) is -1.80. The zero-order chi connectivity index (χ0) is 26.3. The van der Waals surface area contributed by atoms with Crippen LogP contribution in [0, 0.1) is 0 Å². The van der Waals surface area contributed by atoms with E-state index in [1.54, 1.807) is 18.2 Å². The number of oxime groups is 1. The number of amides is 1. The molecule has 2 aliphatic rings. The third-order valence-electron chi connectivity index (χ3n) is 6.27. The first kappa shape index (κ1) is 25.8. The van der Waals surface area contributed by atoms with Crippen molar-refractivity contribution in [2.45, 2.75) is 44.0 Å². The summed E-state index contributed by atoms with van der Waals surface area (Å²) >= 11 is 14.1. The smallest absolute Gasteiger partial charge is 0.387 e. The Hall–Kier alpha value is -2.83. The predicted molar refractivity (Wildman–Crippen MR) is 130 cm³/mol. The molecular weight excluding hydrogens is 556 g/mol. The third-order valence-corrected chi connectivity index (χ3v) is 7.94. The van der Waals surface area contributed by atoms with Crippen LogP contribution in [0.1, 0.15) is 53.3 Å². The average molecular weight is 575 g/mol. The van der Waals surface area contributed by atoms with Crippen LogP contribution in [-0.4, -0.2) is 39.3 Å². The van der Waals surface area contributed by atoms with Crippen molar-refractivity contribution < 1.29 is 27.3 Å². The molecular formula is C23H19Cl2F3N4O4S. The zero-order valence-electron chi connectivity index (χ0n) is 19.0. The quantitative estimate of drug-likeness (QED) is 0.401. The van der Waals surface area contributed by atoms with E-state index in [-0.39, 0.29) is 5.92 Å². The summed E-state index contributed by atoms with van der Waals surface area (Å²) in [7, 11) is 0. The molecule has 4 heterocycles. The third kappa shape index (κ3) is 5.41. The second-order valence-electron chi connectivity index (χ2n) is 8.67.